The van der Waals surface area contributed by atoms with Gasteiger partial charge in [0, 0.05) is 26.1 Å². The number of carbonyl (C=O) groups is 2. The van der Waals surface area contributed by atoms with Crippen molar-refractivity contribution in [2.45, 2.75) is 32.7 Å². The minimum Gasteiger partial charge on any atom is -0.464 e. The molecule has 1 aromatic heterocycles. The Morgan fingerprint density at radius 3 is 2.52 bits per heavy atom. The van der Waals surface area contributed by atoms with Crippen molar-refractivity contribution < 1.29 is 14.0 Å². The van der Waals surface area contributed by atoms with Gasteiger partial charge < -0.3 is 20.0 Å². The first-order valence-corrected chi connectivity index (χ1v) is 7.34. The number of likely N-dealkylation sites (tertiary alicyclic amines) is 1. The summed E-state index contributed by atoms with van der Waals surface area (Å²) in [5, 5.41) is 5.59. The maximum absolute atomic E-state index is 12.2. The summed E-state index contributed by atoms with van der Waals surface area (Å²) in [4.78, 5) is 25.5. The van der Waals surface area contributed by atoms with E-state index in [1.807, 2.05) is 26.0 Å². The summed E-state index contributed by atoms with van der Waals surface area (Å²) in [7, 11) is 1.65. The Kier molecular flexibility index (Phi) is 4.88. The van der Waals surface area contributed by atoms with Gasteiger partial charge >= 0.3 is 6.03 Å². The number of piperidine rings is 1. The van der Waals surface area contributed by atoms with Gasteiger partial charge in [0.2, 0.25) is 5.91 Å². The van der Waals surface area contributed by atoms with E-state index in [-0.39, 0.29) is 23.9 Å². The van der Waals surface area contributed by atoms with Gasteiger partial charge in [0.15, 0.2) is 0 Å². The molecule has 1 atom stereocenters. The molecule has 0 bridgehead atoms. The first kappa shape index (κ1) is 15.4. The second-order valence-corrected chi connectivity index (χ2v) is 5.50. The standard InChI is InChI=1S/C15H23N3O3/c1-10-4-5-13(21-10)11(2)17-15(20)18-8-6-12(7-9-18)14(19)16-3/h4-5,11-12H,6-9H2,1-3H3,(H,16,19)(H,17,20). The van der Waals surface area contributed by atoms with Crippen molar-refractivity contribution in [2.75, 3.05) is 20.1 Å². The summed E-state index contributed by atoms with van der Waals surface area (Å²) in [6.07, 6.45) is 1.42. The molecule has 2 rings (SSSR count). The van der Waals surface area contributed by atoms with Gasteiger partial charge in [-0.15, -0.1) is 0 Å². The van der Waals surface area contributed by atoms with E-state index in [1.54, 1.807) is 11.9 Å². The molecule has 1 aromatic rings. The summed E-state index contributed by atoms with van der Waals surface area (Å²) >= 11 is 0. The minimum absolute atomic E-state index is 0.0178. The van der Waals surface area contributed by atoms with E-state index in [9.17, 15) is 9.59 Å². The molecule has 3 amide bonds. The van der Waals surface area contributed by atoms with Crippen molar-refractivity contribution in [3.8, 4) is 0 Å². The molecular weight excluding hydrogens is 270 g/mol. The molecule has 1 fully saturated rings. The van der Waals surface area contributed by atoms with Gasteiger partial charge in [-0.3, -0.25) is 4.79 Å². The zero-order valence-electron chi connectivity index (χ0n) is 12.8. The largest absolute Gasteiger partial charge is 0.464 e. The Bertz CT molecular complexity index is 504. The number of hydrogen-bond donors (Lipinski definition) is 2. The van der Waals surface area contributed by atoms with Crippen LogP contribution in [-0.2, 0) is 4.79 Å². The monoisotopic (exact) mass is 293 g/mol. The fourth-order valence-corrected chi connectivity index (χ4v) is 2.58. The van der Waals surface area contributed by atoms with Crippen LogP contribution in [0.2, 0.25) is 0 Å². The lowest BCUT2D eigenvalue weighted by Gasteiger charge is -2.31. The summed E-state index contributed by atoms with van der Waals surface area (Å²) in [6, 6.07) is 3.49. The number of carbonyl (C=O) groups excluding carboxylic acids is 2. The minimum atomic E-state index is -0.164. The average molecular weight is 293 g/mol. The molecule has 2 heterocycles. The number of furan rings is 1. The number of nitrogens with zero attached hydrogens (tertiary/aromatic N) is 1. The zero-order chi connectivity index (χ0) is 15.4. The molecule has 2 N–H and O–H groups in total. The zero-order valence-corrected chi connectivity index (χ0v) is 12.8. The molecule has 1 saturated heterocycles. The van der Waals surface area contributed by atoms with E-state index in [2.05, 4.69) is 10.6 Å². The normalized spacial score (nSPS) is 17.4. The van der Waals surface area contributed by atoms with Crippen LogP contribution < -0.4 is 10.6 Å². The van der Waals surface area contributed by atoms with E-state index >= 15 is 0 Å². The molecule has 0 aromatic carbocycles. The summed E-state index contributed by atoms with van der Waals surface area (Å²) in [6.45, 7) is 4.98. The number of nitrogens with one attached hydrogen (secondary N) is 2. The van der Waals surface area contributed by atoms with Gasteiger partial charge in [-0.1, -0.05) is 0 Å². The molecule has 0 spiro atoms. The lowest BCUT2D eigenvalue weighted by molar-refractivity contribution is -0.125. The number of urea groups is 1. The van der Waals surface area contributed by atoms with Gasteiger partial charge in [0.25, 0.3) is 0 Å². The van der Waals surface area contributed by atoms with Crippen LogP contribution in [0.3, 0.4) is 0 Å². The molecule has 1 unspecified atom stereocenters. The quantitative estimate of drug-likeness (QED) is 0.892. The molecule has 6 heteroatoms. The third-order valence-corrected chi connectivity index (χ3v) is 3.93. The van der Waals surface area contributed by atoms with E-state index in [0.29, 0.717) is 25.9 Å². The van der Waals surface area contributed by atoms with Crippen LogP contribution >= 0.6 is 0 Å². The predicted molar refractivity (Wildman–Crippen MR) is 78.8 cm³/mol. The second-order valence-electron chi connectivity index (χ2n) is 5.50. The number of aryl methyl sites for hydroxylation is 1. The molecule has 0 saturated carbocycles. The topological polar surface area (TPSA) is 74.6 Å². The van der Waals surface area contributed by atoms with Gasteiger partial charge in [0.05, 0.1) is 6.04 Å². The van der Waals surface area contributed by atoms with E-state index in [1.165, 1.54) is 0 Å². The second kappa shape index (κ2) is 6.65. The van der Waals surface area contributed by atoms with Crippen LogP contribution in [-0.4, -0.2) is 37.0 Å². The van der Waals surface area contributed by atoms with Crippen LogP contribution in [0.1, 0.15) is 37.3 Å². The summed E-state index contributed by atoms with van der Waals surface area (Å²) in [5.41, 5.74) is 0. The highest BCUT2D eigenvalue weighted by Gasteiger charge is 2.27. The van der Waals surface area contributed by atoms with E-state index < -0.39 is 0 Å². The van der Waals surface area contributed by atoms with E-state index in [0.717, 1.165) is 11.5 Å². The smallest absolute Gasteiger partial charge is 0.317 e. The Morgan fingerprint density at radius 2 is 2.00 bits per heavy atom. The fourth-order valence-electron chi connectivity index (χ4n) is 2.58. The lowest BCUT2D eigenvalue weighted by atomic mass is 9.96. The third kappa shape index (κ3) is 3.77. The molecule has 116 valence electrons. The first-order chi connectivity index (χ1) is 10.0. The number of amides is 3. The van der Waals surface area contributed by atoms with Crippen molar-refractivity contribution in [1.29, 1.82) is 0 Å². The Hall–Kier alpha value is -1.98. The van der Waals surface area contributed by atoms with Crippen molar-refractivity contribution in [2.24, 2.45) is 5.92 Å². The molecule has 1 aliphatic rings. The number of rotatable bonds is 3. The van der Waals surface area contributed by atoms with Crippen LogP contribution in [0.15, 0.2) is 16.5 Å². The molecule has 6 nitrogen and oxygen atoms in total. The van der Waals surface area contributed by atoms with Crippen LogP contribution in [0, 0.1) is 12.8 Å². The van der Waals surface area contributed by atoms with Crippen LogP contribution in [0.5, 0.6) is 0 Å². The highest BCUT2D eigenvalue weighted by molar-refractivity contribution is 5.79. The Labute approximate surface area is 124 Å². The first-order valence-electron chi connectivity index (χ1n) is 7.34. The maximum atomic E-state index is 12.2. The van der Waals surface area contributed by atoms with Crippen LogP contribution in [0.25, 0.3) is 0 Å². The van der Waals surface area contributed by atoms with Gasteiger partial charge in [-0.05, 0) is 38.8 Å². The SMILES string of the molecule is CNC(=O)C1CCN(C(=O)NC(C)c2ccc(C)o2)CC1. The Morgan fingerprint density at radius 1 is 1.33 bits per heavy atom. The van der Waals surface area contributed by atoms with Crippen molar-refractivity contribution in [3.63, 3.8) is 0 Å². The fraction of sp³-hybridized carbons (Fsp3) is 0.600. The molecule has 1 aliphatic heterocycles. The summed E-state index contributed by atoms with van der Waals surface area (Å²) in [5.74, 6) is 1.66. The summed E-state index contributed by atoms with van der Waals surface area (Å²) < 4.78 is 5.51. The van der Waals surface area contributed by atoms with Gasteiger partial charge in [0.1, 0.15) is 11.5 Å². The van der Waals surface area contributed by atoms with Gasteiger partial charge in [-0.25, -0.2) is 4.79 Å². The third-order valence-electron chi connectivity index (χ3n) is 3.93. The van der Waals surface area contributed by atoms with Crippen molar-refractivity contribution in [3.05, 3.63) is 23.7 Å². The van der Waals surface area contributed by atoms with Gasteiger partial charge in [-0.2, -0.15) is 0 Å². The van der Waals surface area contributed by atoms with E-state index in [4.69, 9.17) is 4.42 Å². The molecular formula is C15H23N3O3. The molecule has 21 heavy (non-hydrogen) atoms. The predicted octanol–water partition coefficient (Wildman–Crippen LogP) is 1.82. The maximum Gasteiger partial charge on any atom is 0.317 e. The van der Waals surface area contributed by atoms with Crippen molar-refractivity contribution in [1.82, 2.24) is 15.5 Å². The highest BCUT2D eigenvalue weighted by atomic mass is 16.3. The number of hydrogen-bond acceptors (Lipinski definition) is 3. The molecule has 0 radical (unpaired) electrons. The lowest BCUT2D eigenvalue weighted by Crippen LogP contribution is -2.47. The average Bonchev–Trinajstić information content (AvgIpc) is 2.93. The van der Waals surface area contributed by atoms with Crippen molar-refractivity contribution >= 4 is 11.9 Å². The Balaban J connectivity index is 1.83. The van der Waals surface area contributed by atoms with Crippen LogP contribution in [0.4, 0.5) is 4.79 Å². The highest BCUT2D eigenvalue weighted by Crippen LogP contribution is 2.19. The molecule has 0 aliphatic carbocycles.